The van der Waals surface area contributed by atoms with Crippen LogP contribution in [0.1, 0.15) is 31.5 Å². The second-order valence-electron chi connectivity index (χ2n) is 5.99. The van der Waals surface area contributed by atoms with E-state index in [1.165, 1.54) is 0 Å². The van der Waals surface area contributed by atoms with Crippen molar-refractivity contribution in [1.29, 1.82) is 0 Å². The van der Waals surface area contributed by atoms with Gasteiger partial charge in [0.25, 0.3) is 0 Å². The summed E-state index contributed by atoms with van der Waals surface area (Å²) in [6.07, 6.45) is 7.04. The summed E-state index contributed by atoms with van der Waals surface area (Å²) in [7, 11) is 0. The van der Waals surface area contributed by atoms with Crippen molar-refractivity contribution in [3.8, 4) is 0 Å². The summed E-state index contributed by atoms with van der Waals surface area (Å²) in [4.78, 5) is 18.5. The fourth-order valence-corrected chi connectivity index (χ4v) is 2.82. The van der Waals surface area contributed by atoms with Crippen molar-refractivity contribution in [1.82, 2.24) is 24.6 Å². The van der Waals surface area contributed by atoms with Gasteiger partial charge in [-0.05, 0) is 38.8 Å². The molecule has 1 aliphatic rings. The van der Waals surface area contributed by atoms with Crippen LogP contribution in [0.3, 0.4) is 0 Å². The van der Waals surface area contributed by atoms with Crippen LogP contribution in [0.25, 0.3) is 0 Å². The van der Waals surface area contributed by atoms with E-state index < -0.39 is 0 Å². The van der Waals surface area contributed by atoms with Gasteiger partial charge in [-0.15, -0.1) is 5.10 Å². The molecule has 0 radical (unpaired) electrons. The molecule has 1 N–H and O–H groups in total. The molecule has 1 fully saturated rings. The van der Waals surface area contributed by atoms with Gasteiger partial charge in [0.05, 0.1) is 12.0 Å². The maximum absolute atomic E-state index is 12.5. The third kappa shape index (κ3) is 3.67. The summed E-state index contributed by atoms with van der Waals surface area (Å²) < 4.78 is 1.84. The molecule has 0 bridgehead atoms. The number of rotatable bonds is 4. The van der Waals surface area contributed by atoms with Crippen LogP contribution in [-0.4, -0.2) is 49.7 Å². The van der Waals surface area contributed by atoms with Crippen molar-refractivity contribution in [2.24, 2.45) is 0 Å². The van der Waals surface area contributed by atoms with Crippen LogP contribution in [-0.2, 0) is 4.79 Å². The quantitative estimate of drug-likeness (QED) is 0.928. The first kappa shape index (κ1) is 15.5. The number of carbonyl (C=O) groups is 1. The lowest BCUT2D eigenvalue weighted by Gasteiger charge is -2.34. The molecule has 122 valence electrons. The highest BCUT2D eigenvalue weighted by Gasteiger charge is 2.26. The second kappa shape index (κ2) is 6.76. The van der Waals surface area contributed by atoms with E-state index in [2.05, 4.69) is 20.5 Å². The average Bonchev–Trinajstić information content (AvgIpc) is 3.11. The highest BCUT2D eigenvalue weighted by Crippen LogP contribution is 2.18. The Morgan fingerprint density at radius 3 is 2.70 bits per heavy atom. The highest BCUT2D eigenvalue weighted by molar-refractivity contribution is 5.80. The topological polar surface area (TPSA) is 75.9 Å². The molecular weight excluding hydrogens is 292 g/mol. The number of nitrogens with zero attached hydrogens (tertiary/aromatic N) is 5. The van der Waals surface area contributed by atoms with E-state index in [9.17, 15) is 4.79 Å². The predicted octanol–water partition coefficient (Wildman–Crippen LogP) is 1.65. The summed E-state index contributed by atoms with van der Waals surface area (Å²) in [5, 5.41) is 11.6. The molecule has 0 aromatic carbocycles. The Morgan fingerprint density at radius 1 is 1.30 bits per heavy atom. The number of hydrogen-bond acceptors (Lipinski definition) is 5. The highest BCUT2D eigenvalue weighted by atomic mass is 16.2. The van der Waals surface area contributed by atoms with E-state index in [-0.39, 0.29) is 11.9 Å². The Hall–Kier alpha value is -2.44. The number of nitrogens with one attached hydrogen (secondary N) is 1. The van der Waals surface area contributed by atoms with E-state index in [0.717, 1.165) is 37.4 Å². The maximum Gasteiger partial charge on any atom is 0.245 e. The number of hydrogen-bond donors (Lipinski definition) is 1. The van der Waals surface area contributed by atoms with Gasteiger partial charge >= 0.3 is 0 Å². The molecule has 3 rings (SSSR count). The molecule has 1 aliphatic heterocycles. The Morgan fingerprint density at radius 2 is 2.09 bits per heavy atom. The fourth-order valence-electron chi connectivity index (χ4n) is 2.82. The molecule has 3 heterocycles. The molecule has 23 heavy (non-hydrogen) atoms. The Kier molecular flexibility index (Phi) is 4.55. The van der Waals surface area contributed by atoms with Gasteiger partial charge in [-0.1, -0.05) is 0 Å². The van der Waals surface area contributed by atoms with Crippen molar-refractivity contribution >= 4 is 11.7 Å². The molecule has 7 nitrogen and oxygen atoms in total. The van der Waals surface area contributed by atoms with Crippen LogP contribution in [0.4, 0.5) is 5.82 Å². The SMILES string of the molecule is Cc1ccc(NC2CCN(C(=O)[C@@H](C)n3ccnc3)CC2)nn1. The van der Waals surface area contributed by atoms with Crippen molar-refractivity contribution in [2.45, 2.75) is 38.8 Å². The number of amides is 1. The fraction of sp³-hybridized carbons (Fsp3) is 0.500. The minimum Gasteiger partial charge on any atom is -0.366 e. The van der Waals surface area contributed by atoms with Gasteiger partial charge in [0.2, 0.25) is 5.91 Å². The number of imidazole rings is 1. The van der Waals surface area contributed by atoms with Crippen molar-refractivity contribution in [3.05, 3.63) is 36.5 Å². The van der Waals surface area contributed by atoms with Crippen LogP contribution in [0.5, 0.6) is 0 Å². The van der Waals surface area contributed by atoms with Gasteiger partial charge in [0.15, 0.2) is 0 Å². The molecular formula is C16H22N6O. The van der Waals surface area contributed by atoms with Crippen LogP contribution >= 0.6 is 0 Å². The maximum atomic E-state index is 12.5. The Bertz CT molecular complexity index is 631. The summed E-state index contributed by atoms with van der Waals surface area (Å²) in [6.45, 7) is 5.35. The summed E-state index contributed by atoms with van der Waals surface area (Å²) in [6, 6.07) is 4.02. The molecule has 0 unspecified atom stereocenters. The minimum atomic E-state index is -0.204. The lowest BCUT2D eigenvalue weighted by molar-refractivity contribution is -0.135. The molecule has 0 spiro atoms. The number of aromatic nitrogens is 4. The van der Waals surface area contributed by atoms with Gasteiger partial charge in [-0.25, -0.2) is 4.98 Å². The first-order valence-corrected chi connectivity index (χ1v) is 7.96. The van der Waals surface area contributed by atoms with Crippen molar-refractivity contribution in [3.63, 3.8) is 0 Å². The van der Waals surface area contributed by atoms with E-state index >= 15 is 0 Å². The molecule has 0 aliphatic carbocycles. The molecule has 2 aromatic rings. The number of aryl methyl sites for hydroxylation is 1. The largest absolute Gasteiger partial charge is 0.366 e. The number of carbonyl (C=O) groups excluding carboxylic acids is 1. The van der Waals surface area contributed by atoms with Gasteiger partial charge in [0, 0.05) is 31.5 Å². The number of likely N-dealkylation sites (tertiary alicyclic amines) is 1. The standard InChI is InChI=1S/C16H22N6O/c1-12-3-4-15(20-19-12)18-14-5-8-21(9-6-14)16(23)13(2)22-10-7-17-11-22/h3-4,7,10-11,13-14H,5-6,8-9H2,1-2H3,(H,18,20)/t13-/m1/s1. The van der Waals surface area contributed by atoms with E-state index in [1.807, 2.05) is 41.6 Å². The summed E-state index contributed by atoms with van der Waals surface area (Å²) in [5.41, 5.74) is 0.907. The minimum absolute atomic E-state index is 0.150. The van der Waals surface area contributed by atoms with Gasteiger partial charge in [0.1, 0.15) is 11.9 Å². The predicted molar refractivity (Wildman–Crippen MR) is 86.9 cm³/mol. The smallest absolute Gasteiger partial charge is 0.245 e. The Balaban J connectivity index is 1.52. The van der Waals surface area contributed by atoms with E-state index in [4.69, 9.17) is 0 Å². The summed E-state index contributed by atoms with van der Waals surface area (Å²) in [5.74, 6) is 0.948. The van der Waals surface area contributed by atoms with Crippen molar-refractivity contribution < 1.29 is 4.79 Å². The molecule has 1 amide bonds. The van der Waals surface area contributed by atoms with E-state index in [0.29, 0.717) is 6.04 Å². The van der Waals surface area contributed by atoms with Gasteiger partial charge in [-0.3, -0.25) is 4.79 Å². The monoisotopic (exact) mass is 314 g/mol. The molecule has 2 aromatic heterocycles. The summed E-state index contributed by atoms with van der Waals surface area (Å²) >= 11 is 0. The molecule has 1 saturated heterocycles. The first-order valence-electron chi connectivity index (χ1n) is 7.96. The lowest BCUT2D eigenvalue weighted by atomic mass is 10.0. The third-order valence-electron chi connectivity index (χ3n) is 4.29. The molecule has 1 atom stereocenters. The van der Waals surface area contributed by atoms with Crippen molar-refractivity contribution in [2.75, 3.05) is 18.4 Å². The van der Waals surface area contributed by atoms with E-state index in [1.54, 1.807) is 12.5 Å². The van der Waals surface area contributed by atoms with Crippen LogP contribution in [0, 0.1) is 6.92 Å². The average molecular weight is 314 g/mol. The first-order chi connectivity index (χ1) is 11.1. The van der Waals surface area contributed by atoms with Gasteiger partial charge in [-0.2, -0.15) is 5.10 Å². The number of anilines is 1. The van der Waals surface area contributed by atoms with Crippen LogP contribution < -0.4 is 5.32 Å². The van der Waals surface area contributed by atoms with Crippen LogP contribution in [0.2, 0.25) is 0 Å². The Labute approximate surface area is 135 Å². The zero-order valence-electron chi connectivity index (χ0n) is 13.5. The molecule has 7 heteroatoms. The normalized spacial score (nSPS) is 17.0. The lowest BCUT2D eigenvalue weighted by Crippen LogP contribution is -2.44. The molecule has 0 saturated carbocycles. The second-order valence-corrected chi connectivity index (χ2v) is 5.99. The zero-order valence-corrected chi connectivity index (χ0v) is 13.5. The zero-order chi connectivity index (χ0) is 16.2. The number of piperidine rings is 1. The van der Waals surface area contributed by atoms with Crippen LogP contribution in [0.15, 0.2) is 30.9 Å². The van der Waals surface area contributed by atoms with Gasteiger partial charge < -0.3 is 14.8 Å². The third-order valence-corrected chi connectivity index (χ3v) is 4.29.